The van der Waals surface area contributed by atoms with Gasteiger partial charge < -0.3 is 0 Å². The van der Waals surface area contributed by atoms with Gasteiger partial charge in [-0.1, -0.05) is 51.1 Å². The summed E-state index contributed by atoms with van der Waals surface area (Å²) in [5.41, 5.74) is 1.45. The van der Waals surface area contributed by atoms with Gasteiger partial charge in [-0.2, -0.15) is 12.6 Å². The van der Waals surface area contributed by atoms with E-state index in [4.69, 9.17) is 0 Å². The van der Waals surface area contributed by atoms with Gasteiger partial charge in [0.15, 0.2) is 0 Å². The summed E-state index contributed by atoms with van der Waals surface area (Å²) in [5.74, 6) is 2.91. The van der Waals surface area contributed by atoms with Crippen molar-refractivity contribution < 1.29 is 0 Å². The molecule has 0 spiro atoms. The van der Waals surface area contributed by atoms with Gasteiger partial charge in [0.2, 0.25) is 0 Å². The van der Waals surface area contributed by atoms with E-state index in [1.54, 1.807) is 0 Å². The van der Waals surface area contributed by atoms with Crippen molar-refractivity contribution in [3.8, 4) is 0 Å². The van der Waals surface area contributed by atoms with Crippen molar-refractivity contribution in [3.05, 3.63) is 35.9 Å². The second-order valence-electron chi connectivity index (χ2n) is 4.34. The van der Waals surface area contributed by atoms with E-state index in [0.29, 0.717) is 17.8 Å². The van der Waals surface area contributed by atoms with Crippen molar-refractivity contribution in [2.24, 2.45) is 11.8 Å². The number of hydrogen-bond donors (Lipinski definition) is 1. The van der Waals surface area contributed by atoms with Gasteiger partial charge in [0.25, 0.3) is 0 Å². The number of benzene rings is 1. The highest BCUT2D eigenvalue weighted by Crippen LogP contribution is 2.32. The van der Waals surface area contributed by atoms with Crippen molar-refractivity contribution in [1.29, 1.82) is 0 Å². The van der Waals surface area contributed by atoms with Gasteiger partial charge in [-0.05, 0) is 29.1 Å². The molecule has 2 atom stereocenters. The van der Waals surface area contributed by atoms with Crippen LogP contribution in [-0.2, 0) is 0 Å². The normalized spacial score (nSPS) is 15.5. The third kappa shape index (κ3) is 2.78. The van der Waals surface area contributed by atoms with Crippen LogP contribution in [0.2, 0.25) is 0 Å². The minimum absolute atomic E-state index is 0.633. The Balaban J connectivity index is 2.89. The molecule has 0 saturated heterocycles. The zero-order chi connectivity index (χ0) is 10.6. The topological polar surface area (TPSA) is 0 Å². The first-order chi connectivity index (χ1) is 6.66. The summed E-state index contributed by atoms with van der Waals surface area (Å²) >= 11 is 4.40. The van der Waals surface area contributed by atoms with Crippen molar-refractivity contribution >= 4 is 12.6 Å². The average molecular weight is 208 g/mol. The Bertz CT molecular complexity index is 253. The van der Waals surface area contributed by atoms with Crippen molar-refractivity contribution in [2.45, 2.75) is 26.7 Å². The van der Waals surface area contributed by atoms with Gasteiger partial charge in [-0.3, -0.25) is 0 Å². The lowest BCUT2D eigenvalue weighted by molar-refractivity contribution is 0.393. The van der Waals surface area contributed by atoms with E-state index in [-0.39, 0.29) is 0 Å². The highest BCUT2D eigenvalue weighted by atomic mass is 32.1. The Morgan fingerprint density at radius 2 is 1.64 bits per heavy atom. The van der Waals surface area contributed by atoms with E-state index in [0.717, 1.165) is 5.75 Å². The monoisotopic (exact) mass is 208 g/mol. The molecule has 0 amide bonds. The number of thiol groups is 1. The van der Waals surface area contributed by atoms with Gasteiger partial charge in [0.05, 0.1) is 0 Å². The molecule has 0 aliphatic carbocycles. The summed E-state index contributed by atoms with van der Waals surface area (Å²) in [6, 6.07) is 10.8. The van der Waals surface area contributed by atoms with E-state index >= 15 is 0 Å². The molecule has 78 valence electrons. The third-order valence-corrected chi connectivity index (χ3v) is 3.38. The van der Waals surface area contributed by atoms with Crippen LogP contribution in [0.3, 0.4) is 0 Å². The molecule has 1 heteroatoms. The quantitative estimate of drug-likeness (QED) is 0.711. The molecule has 1 aromatic carbocycles. The van der Waals surface area contributed by atoms with Crippen LogP contribution >= 0.6 is 12.6 Å². The largest absolute Gasteiger partial charge is 0.179 e. The second kappa shape index (κ2) is 5.45. The van der Waals surface area contributed by atoms with Crippen molar-refractivity contribution in [3.63, 3.8) is 0 Å². The molecule has 0 aliphatic rings. The fourth-order valence-electron chi connectivity index (χ4n) is 2.16. The molecule has 0 N–H and O–H groups in total. The van der Waals surface area contributed by atoms with Crippen molar-refractivity contribution in [2.75, 3.05) is 5.75 Å². The van der Waals surface area contributed by atoms with Gasteiger partial charge >= 0.3 is 0 Å². The van der Waals surface area contributed by atoms with Gasteiger partial charge in [0, 0.05) is 0 Å². The summed E-state index contributed by atoms with van der Waals surface area (Å²) in [6.45, 7) is 6.86. The Hall–Kier alpha value is -0.430. The van der Waals surface area contributed by atoms with Crippen LogP contribution in [0, 0.1) is 11.8 Å². The van der Waals surface area contributed by atoms with E-state index < -0.39 is 0 Å². The summed E-state index contributed by atoms with van der Waals surface area (Å²) < 4.78 is 0. The SMILES string of the molecule is CC(C)C(c1ccccc1)C(C)CS. The van der Waals surface area contributed by atoms with Crippen LogP contribution in [0.15, 0.2) is 30.3 Å². The summed E-state index contributed by atoms with van der Waals surface area (Å²) in [5, 5.41) is 0. The van der Waals surface area contributed by atoms with Crippen LogP contribution in [0.4, 0.5) is 0 Å². The molecule has 0 heterocycles. The molecule has 2 unspecified atom stereocenters. The summed E-state index contributed by atoms with van der Waals surface area (Å²) in [4.78, 5) is 0. The lowest BCUT2D eigenvalue weighted by Gasteiger charge is -2.26. The van der Waals surface area contributed by atoms with Crippen LogP contribution < -0.4 is 0 Å². The second-order valence-corrected chi connectivity index (χ2v) is 4.71. The lowest BCUT2D eigenvalue weighted by Crippen LogP contribution is -2.17. The molecule has 0 aromatic heterocycles. The van der Waals surface area contributed by atoms with Crippen LogP contribution in [-0.4, -0.2) is 5.75 Å². The van der Waals surface area contributed by atoms with E-state index in [1.807, 2.05) is 0 Å². The molecule has 0 saturated carbocycles. The Labute approximate surface area is 93.1 Å². The minimum atomic E-state index is 0.633. The average Bonchev–Trinajstić information content (AvgIpc) is 2.19. The molecular weight excluding hydrogens is 188 g/mol. The standard InChI is InChI=1S/C13H20S/c1-10(2)13(11(3)9-14)12-7-5-4-6-8-12/h4-8,10-11,13-14H,9H2,1-3H3. The van der Waals surface area contributed by atoms with Crippen LogP contribution in [0.5, 0.6) is 0 Å². The fraction of sp³-hybridized carbons (Fsp3) is 0.538. The van der Waals surface area contributed by atoms with Crippen LogP contribution in [0.25, 0.3) is 0 Å². The molecule has 0 bridgehead atoms. The number of rotatable bonds is 4. The molecule has 0 aliphatic heterocycles. The molecule has 1 rings (SSSR count). The Morgan fingerprint density at radius 1 is 1.07 bits per heavy atom. The van der Waals surface area contributed by atoms with Gasteiger partial charge in [-0.25, -0.2) is 0 Å². The first kappa shape index (κ1) is 11.6. The third-order valence-electron chi connectivity index (χ3n) is 2.80. The molecule has 0 fully saturated rings. The van der Waals surface area contributed by atoms with Gasteiger partial charge in [0.1, 0.15) is 0 Å². The highest BCUT2D eigenvalue weighted by molar-refractivity contribution is 7.80. The predicted molar refractivity (Wildman–Crippen MR) is 67.0 cm³/mol. The molecule has 14 heavy (non-hydrogen) atoms. The zero-order valence-electron chi connectivity index (χ0n) is 9.27. The van der Waals surface area contributed by atoms with Crippen molar-refractivity contribution in [1.82, 2.24) is 0 Å². The zero-order valence-corrected chi connectivity index (χ0v) is 10.2. The van der Waals surface area contributed by atoms with Gasteiger partial charge in [-0.15, -0.1) is 0 Å². The molecule has 0 nitrogen and oxygen atoms in total. The Morgan fingerprint density at radius 3 is 2.07 bits per heavy atom. The van der Waals surface area contributed by atoms with E-state index in [2.05, 4.69) is 63.7 Å². The summed E-state index contributed by atoms with van der Waals surface area (Å²) in [6.07, 6.45) is 0. The molecule has 0 radical (unpaired) electrons. The maximum Gasteiger partial charge on any atom is -0.00662 e. The summed E-state index contributed by atoms with van der Waals surface area (Å²) in [7, 11) is 0. The minimum Gasteiger partial charge on any atom is -0.179 e. The smallest absolute Gasteiger partial charge is 0.00662 e. The maximum atomic E-state index is 4.40. The van der Waals surface area contributed by atoms with E-state index in [1.165, 1.54) is 5.56 Å². The first-order valence-electron chi connectivity index (χ1n) is 5.32. The predicted octanol–water partition coefficient (Wildman–Crippen LogP) is 3.99. The molecular formula is C13H20S. The molecule has 1 aromatic rings. The van der Waals surface area contributed by atoms with E-state index in [9.17, 15) is 0 Å². The Kier molecular flexibility index (Phi) is 4.53. The maximum absolute atomic E-state index is 4.40. The van der Waals surface area contributed by atoms with Crippen LogP contribution in [0.1, 0.15) is 32.3 Å². The number of hydrogen-bond acceptors (Lipinski definition) is 1. The lowest BCUT2D eigenvalue weighted by atomic mass is 9.80. The highest BCUT2D eigenvalue weighted by Gasteiger charge is 2.21. The fourth-order valence-corrected chi connectivity index (χ4v) is 2.39. The first-order valence-corrected chi connectivity index (χ1v) is 5.96.